The van der Waals surface area contributed by atoms with E-state index in [1.165, 1.54) is 0 Å². The lowest BCUT2D eigenvalue weighted by Gasteiger charge is -2.15. The van der Waals surface area contributed by atoms with Gasteiger partial charge in [0, 0.05) is 6.54 Å². The third-order valence-electron chi connectivity index (χ3n) is 0.966. The molecule has 0 bridgehead atoms. The highest BCUT2D eigenvalue weighted by Crippen LogP contribution is 2.25. The molecule has 0 heterocycles. The Bertz CT molecular complexity index is 96.1. The van der Waals surface area contributed by atoms with Gasteiger partial charge in [-0.25, -0.2) is 0 Å². The zero-order chi connectivity index (χ0) is 8.20. The van der Waals surface area contributed by atoms with Crippen molar-refractivity contribution in [1.82, 2.24) is 5.32 Å². The molecule has 0 aromatic carbocycles. The summed E-state index contributed by atoms with van der Waals surface area (Å²) in [6, 6.07) is 0. The van der Waals surface area contributed by atoms with Crippen LogP contribution in [0.1, 0.15) is 6.92 Å². The molecule has 0 amide bonds. The van der Waals surface area contributed by atoms with E-state index < -0.39 is 10.9 Å². The van der Waals surface area contributed by atoms with Crippen molar-refractivity contribution in [1.29, 1.82) is 0 Å². The second kappa shape index (κ2) is 4.20. The van der Waals surface area contributed by atoms with Crippen molar-refractivity contribution >= 4 is 15.9 Å². The van der Waals surface area contributed by atoms with Gasteiger partial charge in [-0.05, 0) is 22.5 Å². The van der Waals surface area contributed by atoms with Crippen LogP contribution >= 0.6 is 15.9 Å². The van der Waals surface area contributed by atoms with E-state index in [1.54, 1.807) is 6.92 Å². The molecular formula is C5H10BrF2NO. The molecule has 0 aliphatic heterocycles. The predicted octanol–water partition coefficient (Wildman–Crippen LogP) is 0.945. The summed E-state index contributed by atoms with van der Waals surface area (Å²) >= 11 is 2.05. The summed E-state index contributed by atoms with van der Waals surface area (Å²) in [5, 5.41) is 11.3. The molecule has 2 N–H and O–H groups in total. The minimum atomic E-state index is -3.19. The number of aliphatic hydroxyl groups is 1. The van der Waals surface area contributed by atoms with E-state index in [0.29, 0.717) is 6.54 Å². The molecule has 5 heteroatoms. The average molecular weight is 218 g/mol. The molecule has 0 radical (unpaired) electrons. The molecular weight excluding hydrogens is 208 g/mol. The third-order valence-corrected chi connectivity index (χ3v) is 1.49. The van der Waals surface area contributed by atoms with Crippen LogP contribution in [0, 0.1) is 0 Å². The number of halogens is 3. The van der Waals surface area contributed by atoms with Crippen LogP contribution in [0.15, 0.2) is 0 Å². The fourth-order valence-electron chi connectivity index (χ4n) is 0.397. The van der Waals surface area contributed by atoms with Crippen LogP contribution in [0.25, 0.3) is 0 Å². The summed E-state index contributed by atoms with van der Waals surface area (Å²) in [6.07, 6.45) is -1.66. The van der Waals surface area contributed by atoms with Crippen LogP contribution in [-0.2, 0) is 0 Å². The van der Waals surface area contributed by atoms with Gasteiger partial charge in [-0.15, -0.1) is 0 Å². The first-order valence-corrected chi connectivity index (χ1v) is 3.73. The number of rotatable bonds is 4. The van der Waals surface area contributed by atoms with Gasteiger partial charge in [-0.2, -0.15) is 8.78 Å². The number of nitrogens with one attached hydrogen (secondary N) is 1. The molecule has 2 nitrogen and oxygen atoms in total. The molecule has 1 unspecified atom stereocenters. The van der Waals surface area contributed by atoms with Crippen molar-refractivity contribution < 1.29 is 13.9 Å². The molecule has 62 valence electrons. The van der Waals surface area contributed by atoms with Crippen molar-refractivity contribution in [2.24, 2.45) is 0 Å². The summed E-state index contributed by atoms with van der Waals surface area (Å²) < 4.78 is 24.1. The zero-order valence-corrected chi connectivity index (χ0v) is 7.16. The summed E-state index contributed by atoms with van der Waals surface area (Å²) in [6.45, 7) is 2.24. The van der Waals surface area contributed by atoms with E-state index in [2.05, 4.69) is 21.2 Å². The Morgan fingerprint density at radius 2 is 2.20 bits per heavy atom. The van der Waals surface area contributed by atoms with E-state index in [4.69, 9.17) is 5.11 Å². The monoisotopic (exact) mass is 217 g/mol. The standard InChI is InChI=1S/C5H10BrF2NO/c1-2-9-3-4(10)5(6,7)8/h4,9-10H,2-3H2,1H3. The molecule has 0 saturated carbocycles. The number of aliphatic hydroxyl groups excluding tert-OH is 1. The summed E-state index contributed by atoms with van der Waals surface area (Å²) in [7, 11) is 0. The van der Waals surface area contributed by atoms with Crippen LogP contribution in [0.3, 0.4) is 0 Å². The maximum Gasteiger partial charge on any atom is 0.327 e. The average Bonchev–Trinajstić information content (AvgIpc) is 1.80. The van der Waals surface area contributed by atoms with Crippen LogP contribution < -0.4 is 5.32 Å². The van der Waals surface area contributed by atoms with Crippen LogP contribution in [0.5, 0.6) is 0 Å². The molecule has 0 fully saturated rings. The molecule has 0 spiro atoms. The largest absolute Gasteiger partial charge is 0.385 e. The molecule has 0 aliphatic carbocycles. The van der Waals surface area contributed by atoms with Gasteiger partial charge in [-0.1, -0.05) is 6.92 Å². The molecule has 0 aromatic heterocycles. The molecule has 1 atom stereocenters. The maximum atomic E-state index is 12.1. The SMILES string of the molecule is CCNCC(O)C(F)(F)Br. The van der Waals surface area contributed by atoms with Gasteiger partial charge in [0.15, 0.2) is 0 Å². The summed E-state index contributed by atoms with van der Waals surface area (Å²) in [4.78, 5) is -3.19. The topological polar surface area (TPSA) is 32.3 Å². The first-order chi connectivity index (χ1) is 4.48. The Hall–Kier alpha value is 0.260. The molecule has 0 aliphatic rings. The molecule has 0 rings (SSSR count). The Morgan fingerprint density at radius 1 is 1.70 bits per heavy atom. The normalized spacial score (nSPS) is 15.3. The second-order valence-corrected chi connectivity index (χ2v) is 2.92. The van der Waals surface area contributed by atoms with E-state index in [0.717, 1.165) is 0 Å². The Labute approximate surface area is 66.7 Å². The Balaban J connectivity index is 3.52. The smallest absolute Gasteiger partial charge is 0.327 e. The Morgan fingerprint density at radius 3 is 2.50 bits per heavy atom. The molecule has 10 heavy (non-hydrogen) atoms. The van der Waals surface area contributed by atoms with Crippen molar-refractivity contribution in [3.05, 3.63) is 0 Å². The zero-order valence-electron chi connectivity index (χ0n) is 5.57. The third kappa shape index (κ3) is 4.14. The van der Waals surface area contributed by atoms with E-state index in [9.17, 15) is 8.78 Å². The lowest BCUT2D eigenvalue weighted by molar-refractivity contribution is -0.0260. The quantitative estimate of drug-likeness (QED) is 0.688. The van der Waals surface area contributed by atoms with Gasteiger partial charge >= 0.3 is 4.83 Å². The van der Waals surface area contributed by atoms with E-state index in [-0.39, 0.29) is 6.54 Å². The van der Waals surface area contributed by atoms with Crippen molar-refractivity contribution in [2.75, 3.05) is 13.1 Å². The first kappa shape index (κ1) is 10.3. The van der Waals surface area contributed by atoms with Crippen molar-refractivity contribution in [2.45, 2.75) is 17.9 Å². The summed E-state index contributed by atoms with van der Waals surface area (Å²) in [5.74, 6) is 0. The lowest BCUT2D eigenvalue weighted by atomic mass is 10.4. The number of hydrogen-bond donors (Lipinski definition) is 2. The first-order valence-electron chi connectivity index (χ1n) is 2.94. The van der Waals surface area contributed by atoms with Gasteiger partial charge in [0.1, 0.15) is 6.10 Å². The Kier molecular flexibility index (Phi) is 4.31. The van der Waals surface area contributed by atoms with Crippen molar-refractivity contribution in [3.8, 4) is 0 Å². The van der Waals surface area contributed by atoms with Gasteiger partial charge in [-0.3, -0.25) is 0 Å². The van der Waals surface area contributed by atoms with E-state index >= 15 is 0 Å². The van der Waals surface area contributed by atoms with Crippen LogP contribution in [0.2, 0.25) is 0 Å². The highest BCUT2D eigenvalue weighted by Gasteiger charge is 2.33. The maximum absolute atomic E-state index is 12.1. The number of alkyl halides is 3. The second-order valence-electron chi connectivity index (χ2n) is 1.87. The van der Waals surface area contributed by atoms with Crippen molar-refractivity contribution in [3.63, 3.8) is 0 Å². The van der Waals surface area contributed by atoms with Gasteiger partial charge < -0.3 is 10.4 Å². The molecule has 0 saturated heterocycles. The van der Waals surface area contributed by atoms with Gasteiger partial charge in [0.2, 0.25) is 0 Å². The number of hydrogen-bond acceptors (Lipinski definition) is 2. The summed E-state index contributed by atoms with van der Waals surface area (Å²) in [5.41, 5.74) is 0. The fourth-order valence-corrected chi connectivity index (χ4v) is 0.559. The highest BCUT2D eigenvalue weighted by atomic mass is 79.9. The lowest BCUT2D eigenvalue weighted by Crippen LogP contribution is -2.37. The fraction of sp³-hybridized carbons (Fsp3) is 1.00. The minimum Gasteiger partial charge on any atom is -0.385 e. The minimum absolute atomic E-state index is 0.102. The number of likely N-dealkylation sites (N-methyl/N-ethyl adjacent to an activating group) is 1. The molecule has 0 aromatic rings. The highest BCUT2D eigenvalue weighted by molar-refractivity contribution is 9.10. The van der Waals surface area contributed by atoms with Crippen LogP contribution in [-0.4, -0.2) is 29.1 Å². The van der Waals surface area contributed by atoms with E-state index in [1.807, 2.05) is 0 Å². The predicted molar refractivity (Wildman–Crippen MR) is 38.4 cm³/mol. The van der Waals surface area contributed by atoms with Gasteiger partial charge in [0.05, 0.1) is 0 Å². The van der Waals surface area contributed by atoms with Gasteiger partial charge in [0.25, 0.3) is 0 Å². The van der Waals surface area contributed by atoms with Crippen LogP contribution in [0.4, 0.5) is 8.78 Å².